The van der Waals surface area contributed by atoms with Gasteiger partial charge in [0.15, 0.2) is 5.69 Å². The van der Waals surface area contributed by atoms with Crippen LogP contribution in [-0.2, 0) is 6.18 Å². The van der Waals surface area contributed by atoms with Crippen LogP contribution in [0.25, 0.3) is 5.69 Å². The summed E-state index contributed by atoms with van der Waals surface area (Å²) >= 11 is 0. The minimum atomic E-state index is -4.78. The smallest absolute Gasteiger partial charge is 0.434 e. The molecule has 1 amide bonds. The fourth-order valence-corrected chi connectivity index (χ4v) is 1.64. The number of nitrogens with zero attached hydrogens (tertiary/aromatic N) is 3. The zero-order valence-corrected chi connectivity index (χ0v) is 10.2. The number of rotatable bonds is 3. The second kappa shape index (κ2) is 4.83. The Balaban J connectivity index is 2.65. The molecule has 0 aromatic carbocycles. The van der Waals surface area contributed by atoms with Crippen LogP contribution in [0.5, 0.6) is 5.88 Å². The van der Waals surface area contributed by atoms with Crippen LogP contribution in [0.3, 0.4) is 0 Å². The van der Waals surface area contributed by atoms with Gasteiger partial charge in [0.05, 0.1) is 24.6 Å². The third-order valence-electron chi connectivity index (χ3n) is 2.48. The van der Waals surface area contributed by atoms with Gasteiger partial charge in [-0.1, -0.05) is 0 Å². The van der Waals surface area contributed by atoms with Gasteiger partial charge < -0.3 is 10.5 Å². The largest absolute Gasteiger partial charge is 0.481 e. The van der Waals surface area contributed by atoms with E-state index in [0.29, 0.717) is 4.68 Å². The first kappa shape index (κ1) is 13.8. The molecule has 2 rings (SSSR count). The van der Waals surface area contributed by atoms with Gasteiger partial charge in [0.25, 0.3) is 5.91 Å². The van der Waals surface area contributed by atoms with Crippen LogP contribution in [0.15, 0.2) is 24.5 Å². The first-order chi connectivity index (χ1) is 9.34. The molecule has 6 nitrogen and oxygen atoms in total. The third kappa shape index (κ3) is 2.42. The Morgan fingerprint density at radius 3 is 2.70 bits per heavy atom. The van der Waals surface area contributed by atoms with Crippen molar-refractivity contribution in [3.8, 4) is 11.6 Å². The number of amides is 1. The lowest BCUT2D eigenvalue weighted by Gasteiger charge is -2.12. The molecule has 9 heteroatoms. The zero-order valence-electron chi connectivity index (χ0n) is 10.2. The van der Waals surface area contributed by atoms with Gasteiger partial charge in [-0.15, -0.1) is 0 Å². The van der Waals surface area contributed by atoms with Crippen molar-refractivity contribution in [3.63, 3.8) is 0 Å². The number of nitrogens with two attached hydrogens (primary N) is 1. The van der Waals surface area contributed by atoms with Crippen LogP contribution in [-0.4, -0.2) is 27.8 Å². The van der Waals surface area contributed by atoms with Gasteiger partial charge in [0.1, 0.15) is 0 Å². The Hall–Kier alpha value is -2.58. The molecule has 0 unspecified atom stereocenters. The van der Waals surface area contributed by atoms with Crippen molar-refractivity contribution in [2.45, 2.75) is 6.18 Å². The molecule has 2 aromatic rings. The lowest BCUT2D eigenvalue weighted by atomic mass is 10.2. The van der Waals surface area contributed by atoms with Gasteiger partial charge in [-0.25, -0.2) is 9.67 Å². The maximum absolute atomic E-state index is 13.1. The summed E-state index contributed by atoms with van der Waals surface area (Å²) in [6.07, 6.45) is -2.74. The maximum atomic E-state index is 13.1. The van der Waals surface area contributed by atoms with Crippen molar-refractivity contribution in [1.29, 1.82) is 0 Å². The van der Waals surface area contributed by atoms with E-state index in [1.54, 1.807) is 0 Å². The van der Waals surface area contributed by atoms with Crippen molar-refractivity contribution in [1.82, 2.24) is 14.8 Å². The summed E-state index contributed by atoms with van der Waals surface area (Å²) < 4.78 is 44.6. The minimum Gasteiger partial charge on any atom is -0.481 e. The summed E-state index contributed by atoms with van der Waals surface area (Å²) in [4.78, 5) is 14.8. The Bertz CT molecular complexity index is 651. The number of pyridine rings is 1. The summed E-state index contributed by atoms with van der Waals surface area (Å²) in [6, 6.07) is 2.56. The molecule has 0 aliphatic rings. The molecular weight excluding hydrogens is 277 g/mol. The lowest BCUT2D eigenvalue weighted by molar-refractivity contribution is -0.143. The van der Waals surface area contributed by atoms with Gasteiger partial charge in [-0.2, -0.15) is 18.3 Å². The SMILES string of the molecule is COc1cc(-n2ncc(C(N)=O)c2C(F)(F)F)ccn1. The summed E-state index contributed by atoms with van der Waals surface area (Å²) in [5.41, 5.74) is 3.04. The van der Waals surface area contributed by atoms with E-state index in [4.69, 9.17) is 10.5 Å². The molecule has 0 radical (unpaired) electrons. The number of hydrogen-bond donors (Lipinski definition) is 1. The lowest BCUT2D eigenvalue weighted by Crippen LogP contribution is -2.20. The van der Waals surface area contributed by atoms with Crippen LogP contribution in [0.1, 0.15) is 16.1 Å². The molecule has 106 valence electrons. The second-order valence-electron chi connectivity index (χ2n) is 3.74. The van der Waals surface area contributed by atoms with E-state index in [-0.39, 0.29) is 11.6 Å². The molecule has 0 atom stereocenters. The number of primary amides is 1. The first-order valence-electron chi connectivity index (χ1n) is 5.30. The van der Waals surface area contributed by atoms with Crippen LogP contribution in [0.4, 0.5) is 13.2 Å². The number of alkyl halides is 3. The fourth-order valence-electron chi connectivity index (χ4n) is 1.64. The van der Waals surface area contributed by atoms with Crippen LogP contribution in [0.2, 0.25) is 0 Å². The molecule has 2 N–H and O–H groups in total. The van der Waals surface area contributed by atoms with Crippen LogP contribution < -0.4 is 10.5 Å². The zero-order chi connectivity index (χ0) is 14.9. The van der Waals surface area contributed by atoms with Crippen LogP contribution >= 0.6 is 0 Å². The highest BCUT2D eigenvalue weighted by Crippen LogP contribution is 2.33. The molecule has 0 spiro atoms. The number of methoxy groups -OCH3 is 1. The highest BCUT2D eigenvalue weighted by atomic mass is 19.4. The average molecular weight is 286 g/mol. The molecule has 0 saturated heterocycles. The van der Waals surface area contributed by atoms with Crippen molar-refractivity contribution < 1.29 is 22.7 Å². The highest BCUT2D eigenvalue weighted by molar-refractivity contribution is 5.94. The van der Waals surface area contributed by atoms with Crippen molar-refractivity contribution in [3.05, 3.63) is 35.8 Å². The van der Waals surface area contributed by atoms with E-state index < -0.39 is 23.3 Å². The van der Waals surface area contributed by atoms with Gasteiger partial charge in [-0.3, -0.25) is 4.79 Å². The first-order valence-corrected chi connectivity index (χ1v) is 5.30. The molecule has 0 bridgehead atoms. The molecule has 0 fully saturated rings. The maximum Gasteiger partial charge on any atom is 0.434 e. The summed E-state index contributed by atoms with van der Waals surface area (Å²) in [6.45, 7) is 0. The number of carbonyl (C=O) groups is 1. The number of ether oxygens (including phenoxy) is 1. The van der Waals surface area contributed by atoms with E-state index in [2.05, 4.69) is 10.1 Å². The average Bonchev–Trinajstić information content (AvgIpc) is 2.83. The molecule has 0 saturated carbocycles. The Kier molecular flexibility index (Phi) is 3.35. The number of halogens is 3. The van der Waals surface area contributed by atoms with Gasteiger partial charge in [-0.05, 0) is 6.07 Å². The Morgan fingerprint density at radius 1 is 1.45 bits per heavy atom. The Labute approximate surface area is 111 Å². The van der Waals surface area contributed by atoms with E-state index >= 15 is 0 Å². The molecule has 20 heavy (non-hydrogen) atoms. The van der Waals surface area contributed by atoms with E-state index in [1.165, 1.54) is 25.4 Å². The minimum absolute atomic E-state index is 0.0525. The van der Waals surface area contributed by atoms with E-state index in [0.717, 1.165) is 6.20 Å². The van der Waals surface area contributed by atoms with Gasteiger partial charge in [0.2, 0.25) is 5.88 Å². The topological polar surface area (TPSA) is 83.0 Å². The molecule has 2 aromatic heterocycles. The standard InChI is InChI=1S/C11H9F3N4O2/c1-20-8-4-6(2-3-16-8)18-9(11(12,13)14)7(5-17-18)10(15)19/h2-5H,1H3,(H2,15,19). The highest BCUT2D eigenvalue weighted by Gasteiger charge is 2.40. The summed E-state index contributed by atoms with van der Waals surface area (Å²) in [5, 5.41) is 3.56. The number of hydrogen-bond acceptors (Lipinski definition) is 4. The third-order valence-corrected chi connectivity index (χ3v) is 2.48. The van der Waals surface area contributed by atoms with E-state index in [1.807, 2.05) is 0 Å². The van der Waals surface area contributed by atoms with Gasteiger partial charge >= 0.3 is 6.18 Å². The quantitative estimate of drug-likeness (QED) is 0.924. The van der Waals surface area contributed by atoms with E-state index in [9.17, 15) is 18.0 Å². The fraction of sp³-hybridized carbons (Fsp3) is 0.182. The van der Waals surface area contributed by atoms with Crippen LogP contribution in [0, 0.1) is 0 Å². The number of aromatic nitrogens is 3. The molecule has 0 aliphatic heterocycles. The normalized spacial score (nSPS) is 11.4. The molecular formula is C11H9F3N4O2. The predicted molar refractivity (Wildman–Crippen MR) is 61.4 cm³/mol. The predicted octanol–water partition coefficient (Wildman–Crippen LogP) is 1.39. The van der Waals surface area contributed by atoms with Crippen molar-refractivity contribution in [2.24, 2.45) is 5.73 Å². The summed E-state index contributed by atoms with van der Waals surface area (Å²) in [5.74, 6) is -1.09. The van der Waals surface area contributed by atoms with Crippen molar-refractivity contribution in [2.75, 3.05) is 7.11 Å². The number of carbonyl (C=O) groups excluding carboxylic acids is 1. The molecule has 0 aliphatic carbocycles. The second-order valence-corrected chi connectivity index (χ2v) is 3.74. The van der Waals surface area contributed by atoms with Crippen molar-refractivity contribution >= 4 is 5.91 Å². The van der Waals surface area contributed by atoms with Gasteiger partial charge in [0, 0.05) is 12.3 Å². The molecule has 2 heterocycles. The monoisotopic (exact) mass is 286 g/mol. The summed E-state index contributed by atoms with van der Waals surface area (Å²) in [7, 11) is 1.33. The Morgan fingerprint density at radius 2 is 2.15 bits per heavy atom.